The highest BCUT2D eigenvalue weighted by Gasteiger charge is 2.48. The molecule has 0 bridgehead atoms. The van der Waals surface area contributed by atoms with Crippen molar-refractivity contribution >= 4 is 49.8 Å². The van der Waals surface area contributed by atoms with Gasteiger partial charge in [0.1, 0.15) is 21.5 Å². The van der Waals surface area contributed by atoms with Gasteiger partial charge in [-0.15, -0.1) is 0 Å². The van der Waals surface area contributed by atoms with E-state index < -0.39 is 15.4 Å². The normalized spacial score (nSPS) is 22.7. The van der Waals surface area contributed by atoms with E-state index in [0.717, 1.165) is 28.4 Å². The zero-order valence-corrected chi connectivity index (χ0v) is 26.6. The summed E-state index contributed by atoms with van der Waals surface area (Å²) in [4.78, 5) is 32.7. The van der Waals surface area contributed by atoms with Gasteiger partial charge >= 0.3 is 0 Å². The molecule has 2 atom stereocenters. The monoisotopic (exact) mass is 619 g/mol. The topological polar surface area (TPSA) is 132 Å². The van der Waals surface area contributed by atoms with E-state index in [9.17, 15) is 18.3 Å². The van der Waals surface area contributed by atoms with Crippen LogP contribution >= 0.6 is 0 Å². The molecule has 0 unspecified atom stereocenters. The molecule has 0 aliphatic carbocycles. The molecule has 1 amide bonds. The largest absolute Gasteiger partial charge is 0.390 e. The van der Waals surface area contributed by atoms with Gasteiger partial charge < -0.3 is 25.1 Å². The second kappa shape index (κ2) is 11.0. The first-order valence-electron chi connectivity index (χ1n) is 15.1. The highest BCUT2D eigenvalue weighted by Crippen LogP contribution is 2.46. The number of hydrogen-bond donors (Lipinski definition) is 2. The Morgan fingerprint density at radius 1 is 1.11 bits per heavy atom. The molecule has 5 heterocycles. The molecule has 12 heteroatoms. The number of carbonyl (C=O) groups is 1. The molecule has 3 fully saturated rings. The summed E-state index contributed by atoms with van der Waals surface area (Å²) in [5, 5.41) is 15.6. The maximum Gasteiger partial charge on any atom is 0.246 e. The average molecular weight is 620 g/mol. The number of nitrogens with one attached hydrogen (secondary N) is 1. The van der Waals surface area contributed by atoms with Crippen molar-refractivity contribution in [2.75, 3.05) is 53.3 Å². The summed E-state index contributed by atoms with van der Waals surface area (Å²) in [6, 6.07) is 7.89. The zero-order valence-electron chi connectivity index (χ0n) is 25.8. The summed E-state index contributed by atoms with van der Waals surface area (Å²) in [5.74, 6) is 1.90. The zero-order chi connectivity index (χ0) is 31.4. The van der Waals surface area contributed by atoms with Gasteiger partial charge in [-0.1, -0.05) is 12.6 Å². The van der Waals surface area contributed by atoms with Crippen LogP contribution in [0, 0.1) is 5.92 Å². The lowest BCUT2D eigenvalue weighted by Crippen LogP contribution is -2.66. The smallest absolute Gasteiger partial charge is 0.246 e. The molecule has 2 N–H and O–H groups in total. The predicted molar refractivity (Wildman–Crippen MR) is 173 cm³/mol. The van der Waals surface area contributed by atoms with E-state index in [1.165, 1.54) is 12.3 Å². The molecule has 44 heavy (non-hydrogen) atoms. The molecule has 0 spiro atoms. The van der Waals surface area contributed by atoms with Crippen LogP contribution in [0.5, 0.6) is 0 Å². The molecule has 0 radical (unpaired) electrons. The number of piperidine rings is 1. The van der Waals surface area contributed by atoms with Crippen LogP contribution in [-0.4, -0.2) is 88.6 Å². The highest BCUT2D eigenvalue weighted by molar-refractivity contribution is 7.90. The number of sulfone groups is 1. The van der Waals surface area contributed by atoms with Gasteiger partial charge in [-0.05, 0) is 75.3 Å². The van der Waals surface area contributed by atoms with Crippen molar-refractivity contribution in [2.24, 2.45) is 5.92 Å². The number of aliphatic hydroxyl groups is 1. The second-order valence-electron chi connectivity index (χ2n) is 13.2. The molecule has 0 saturated carbocycles. The predicted octanol–water partition coefficient (Wildman–Crippen LogP) is 3.84. The lowest BCUT2D eigenvalue weighted by atomic mass is 9.77. The van der Waals surface area contributed by atoms with Crippen LogP contribution in [0.1, 0.15) is 51.6 Å². The van der Waals surface area contributed by atoms with Crippen molar-refractivity contribution in [1.29, 1.82) is 0 Å². The first-order valence-corrected chi connectivity index (χ1v) is 17.2. The SMILES string of the molecule is C=CC(=O)N1CC[C@H]1c1ccc(N2C[C@H](CS(C)(=O)=O)C2(C)C)c2cnc(Nc3ccnc(N4CCC(C)(O)CC4)n3)cc12. The number of nitrogens with zero attached hydrogens (tertiary/aromatic N) is 6. The minimum atomic E-state index is -3.10. The number of hydrogen-bond acceptors (Lipinski definition) is 10. The van der Waals surface area contributed by atoms with Crippen LogP contribution in [0.4, 0.5) is 23.3 Å². The van der Waals surface area contributed by atoms with Crippen molar-refractivity contribution in [3.63, 3.8) is 0 Å². The molecule has 3 aromatic rings. The first-order chi connectivity index (χ1) is 20.8. The van der Waals surface area contributed by atoms with Crippen molar-refractivity contribution in [1.82, 2.24) is 19.9 Å². The molecule has 6 rings (SSSR count). The Balaban J connectivity index is 1.34. The van der Waals surface area contributed by atoms with Gasteiger partial charge in [0.15, 0.2) is 0 Å². The number of amides is 1. The van der Waals surface area contributed by atoms with Crippen molar-refractivity contribution in [3.8, 4) is 0 Å². The van der Waals surface area contributed by atoms with Gasteiger partial charge in [-0.2, -0.15) is 4.98 Å². The second-order valence-corrected chi connectivity index (χ2v) is 15.4. The number of fused-ring (bicyclic) bond motifs is 1. The van der Waals surface area contributed by atoms with Crippen molar-refractivity contribution < 1.29 is 18.3 Å². The lowest BCUT2D eigenvalue weighted by Gasteiger charge is -2.57. The minimum Gasteiger partial charge on any atom is -0.390 e. The fourth-order valence-corrected chi connectivity index (χ4v) is 7.88. The summed E-state index contributed by atoms with van der Waals surface area (Å²) >= 11 is 0. The number of likely N-dealkylation sites (tertiary alicyclic amines) is 1. The van der Waals surface area contributed by atoms with Crippen molar-refractivity contribution in [2.45, 2.75) is 57.2 Å². The Morgan fingerprint density at radius 3 is 2.50 bits per heavy atom. The number of rotatable bonds is 8. The fraction of sp³-hybridized carbons (Fsp3) is 0.500. The molecule has 11 nitrogen and oxygen atoms in total. The van der Waals surface area contributed by atoms with E-state index in [1.54, 1.807) is 12.3 Å². The van der Waals surface area contributed by atoms with E-state index in [0.29, 0.717) is 56.6 Å². The van der Waals surface area contributed by atoms with Gasteiger partial charge in [-0.25, -0.2) is 18.4 Å². The minimum absolute atomic E-state index is 0.0199. The van der Waals surface area contributed by atoms with Gasteiger partial charge in [0.05, 0.1) is 17.4 Å². The summed E-state index contributed by atoms with van der Waals surface area (Å²) in [5.41, 5.74) is 1.01. The third-order valence-electron chi connectivity index (χ3n) is 9.66. The first kappa shape index (κ1) is 30.3. The maximum atomic E-state index is 12.6. The van der Waals surface area contributed by atoms with Gasteiger partial charge in [-0.3, -0.25) is 4.79 Å². The maximum absolute atomic E-state index is 12.6. The average Bonchev–Trinajstić information content (AvgIpc) is 2.94. The molecular weight excluding hydrogens is 578 g/mol. The molecule has 3 aliphatic heterocycles. The van der Waals surface area contributed by atoms with Crippen LogP contribution in [0.25, 0.3) is 10.8 Å². The number of pyridine rings is 1. The summed E-state index contributed by atoms with van der Waals surface area (Å²) < 4.78 is 24.2. The molecule has 3 aliphatic rings. The van der Waals surface area contributed by atoms with Crippen LogP contribution in [0.3, 0.4) is 0 Å². The van der Waals surface area contributed by atoms with E-state index in [4.69, 9.17) is 9.97 Å². The van der Waals surface area contributed by atoms with Crippen LogP contribution in [0.2, 0.25) is 0 Å². The third kappa shape index (κ3) is 5.72. The quantitative estimate of drug-likeness (QED) is 0.359. The Kier molecular flexibility index (Phi) is 7.56. The van der Waals surface area contributed by atoms with Gasteiger partial charge in [0.2, 0.25) is 11.9 Å². The molecular formula is C32H41N7O4S. The van der Waals surface area contributed by atoms with E-state index >= 15 is 0 Å². The summed E-state index contributed by atoms with van der Waals surface area (Å²) in [6.07, 6.45) is 8.38. The van der Waals surface area contributed by atoms with Crippen LogP contribution < -0.4 is 15.1 Å². The van der Waals surface area contributed by atoms with E-state index in [1.807, 2.05) is 24.1 Å². The van der Waals surface area contributed by atoms with Gasteiger partial charge in [0.25, 0.3) is 0 Å². The molecule has 3 saturated heterocycles. The Bertz CT molecular complexity index is 1710. The van der Waals surface area contributed by atoms with Crippen LogP contribution in [-0.2, 0) is 14.6 Å². The number of anilines is 4. The standard InChI is InChI=1S/C32H41N7O4S/c1-6-29(40)38-14-10-25(38)22-7-8-26(39-19-21(31(39,2)3)20-44(5,42)43)24-18-34-28(17-23(22)24)35-27-9-13-33-30(36-27)37-15-11-32(4,41)12-16-37/h6-9,13,17-18,21,25,41H,1,10-12,14-16,19-20H2,2-5H3,(H,33,34,35,36)/t21-,25+/m1/s1. The van der Waals surface area contributed by atoms with Crippen molar-refractivity contribution in [3.05, 3.63) is 54.9 Å². The Hall–Kier alpha value is -3.77. The van der Waals surface area contributed by atoms with Gasteiger partial charge in [0, 0.05) is 67.4 Å². The van der Waals surface area contributed by atoms with E-state index in [-0.39, 0.29) is 29.2 Å². The summed E-state index contributed by atoms with van der Waals surface area (Å²) in [7, 11) is -3.10. The number of aromatic nitrogens is 3. The molecule has 1 aromatic carbocycles. The fourth-order valence-electron chi connectivity index (χ4n) is 6.64. The van der Waals surface area contributed by atoms with Crippen LogP contribution in [0.15, 0.2) is 49.3 Å². The Labute approximate surface area is 258 Å². The highest BCUT2D eigenvalue weighted by atomic mass is 32.2. The molecule has 234 valence electrons. The molecule has 2 aromatic heterocycles. The Morgan fingerprint density at radius 2 is 1.86 bits per heavy atom. The lowest BCUT2D eigenvalue weighted by molar-refractivity contribution is -0.133. The number of benzene rings is 1. The number of carbonyl (C=O) groups excluding carboxylic acids is 1. The van der Waals surface area contributed by atoms with E-state index in [2.05, 4.69) is 52.7 Å². The summed E-state index contributed by atoms with van der Waals surface area (Å²) in [6.45, 7) is 12.4. The third-order valence-corrected chi connectivity index (χ3v) is 10.7.